The highest BCUT2D eigenvalue weighted by Crippen LogP contribution is 2.29. The minimum Gasteiger partial charge on any atom is -0.255 e. The highest BCUT2D eigenvalue weighted by atomic mass is 14.7. The average molecular weight is 230 g/mol. The second kappa shape index (κ2) is 3.50. The summed E-state index contributed by atoms with van der Waals surface area (Å²) in [5.74, 6) is 0. The second-order valence-corrected chi connectivity index (χ2v) is 4.38. The lowest BCUT2D eigenvalue weighted by Crippen LogP contribution is -1.85. The normalized spacial score (nSPS) is 11.3. The molecule has 2 heteroatoms. The van der Waals surface area contributed by atoms with E-state index in [-0.39, 0.29) is 0 Å². The van der Waals surface area contributed by atoms with Gasteiger partial charge in [-0.05, 0) is 22.9 Å². The predicted molar refractivity (Wildman–Crippen MR) is 74.6 cm³/mol. The highest BCUT2D eigenvalue weighted by Gasteiger charge is 2.05. The van der Waals surface area contributed by atoms with Gasteiger partial charge in [-0.2, -0.15) is 0 Å². The molecule has 2 aromatic heterocycles. The van der Waals surface area contributed by atoms with Crippen LogP contribution >= 0.6 is 0 Å². The van der Waals surface area contributed by atoms with Crippen molar-refractivity contribution in [1.29, 1.82) is 0 Å². The minimum absolute atomic E-state index is 0.946. The Morgan fingerprint density at radius 1 is 0.667 bits per heavy atom. The zero-order chi connectivity index (χ0) is 11.9. The average Bonchev–Trinajstić information content (AvgIpc) is 2.46. The summed E-state index contributed by atoms with van der Waals surface area (Å²) in [6.45, 7) is 0. The third kappa shape index (κ3) is 1.23. The van der Waals surface area contributed by atoms with E-state index in [0.717, 1.165) is 11.0 Å². The van der Waals surface area contributed by atoms with Gasteiger partial charge in [0.2, 0.25) is 0 Å². The molecule has 2 aromatic carbocycles. The fourth-order valence-electron chi connectivity index (χ4n) is 2.51. The summed E-state index contributed by atoms with van der Waals surface area (Å²) in [6.07, 6.45) is 3.65. The molecule has 0 atom stereocenters. The molecule has 2 nitrogen and oxygen atoms in total. The predicted octanol–water partition coefficient (Wildman–Crippen LogP) is 3.94. The number of hydrogen-bond acceptors (Lipinski definition) is 2. The Morgan fingerprint density at radius 2 is 1.56 bits per heavy atom. The molecule has 4 rings (SSSR count). The molecule has 84 valence electrons. The first-order valence-electron chi connectivity index (χ1n) is 5.95. The number of pyridine rings is 2. The van der Waals surface area contributed by atoms with Crippen molar-refractivity contribution < 1.29 is 0 Å². The Labute approximate surface area is 104 Å². The van der Waals surface area contributed by atoms with Gasteiger partial charge in [0, 0.05) is 17.0 Å². The van der Waals surface area contributed by atoms with E-state index in [4.69, 9.17) is 0 Å². The first kappa shape index (κ1) is 9.54. The van der Waals surface area contributed by atoms with Crippen LogP contribution in [-0.4, -0.2) is 9.97 Å². The van der Waals surface area contributed by atoms with Crippen LogP contribution in [0.5, 0.6) is 0 Å². The Bertz CT molecular complexity index is 811. The first-order chi connectivity index (χ1) is 8.93. The van der Waals surface area contributed by atoms with E-state index < -0.39 is 0 Å². The fraction of sp³-hybridized carbons (Fsp3) is 0. The van der Waals surface area contributed by atoms with Gasteiger partial charge in [0.15, 0.2) is 0 Å². The van der Waals surface area contributed by atoms with Crippen molar-refractivity contribution in [3.63, 3.8) is 0 Å². The molecular formula is C16H10N2. The minimum atomic E-state index is 0.946. The molecule has 4 aromatic rings. The van der Waals surface area contributed by atoms with Gasteiger partial charge in [-0.3, -0.25) is 9.97 Å². The Morgan fingerprint density at radius 3 is 2.56 bits per heavy atom. The van der Waals surface area contributed by atoms with Crippen LogP contribution in [-0.2, 0) is 0 Å². The molecular weight excluding hydrogens is 220 g/mol. The van der Waals surface area contributed by atoms with Gasteiger partial charge in [-0.1, -0.05) is 36.4 Å². The third-order valence-corrected chi connectivity index (χ3v) is 3.34. The van der Waals surface area contributed by atoms with Crippen molar-refractivity contribution in [2.75, 3.05) is 0 Å². The van der Waals surface area contributed by atoms with E-state index in [2.05, 4.69) is 52.4 Å². The molecule has 18 heavy (non-hydrogen) atoms. The maximum absolute atomic E-state index is 4.50. The standard InChI is InChI=1S/C16H10N2/c1-2-5-12-11(4-1)7-8-14-16(12)13-6-3-9-17-15(13)10-18-14/h1-10H. The number of hydrogen-bond donors (Lipinski definition) is 0. The number of nitrogens with zero attached hydrogens (tertiary/aromatic N) is 2. The van der Waals surface area contributed by atoms with Crippen LogP contribution in [0.15, 0.2) is 60.9 Å². The molecule has 0 amide bonds. The molecule has 0 spiro atoms. The Kier molecular flexibility index (Phi) is 1.86. The SMILES string of the molecule is c1ccc2c(c1)ccc1ncc3ncccc3c12. The topological polar surface area (TPSA) is 25.8 Å². The molecule has 0 aliphatic carbocycles. The monoisotopic (exact) mass is 230 g/mol. The van der Waals surface area contributed by atoms with E-state index in [1.54, 1.807) is 6.20 Å². The Balaban J connectivity index is 2.38. The molecule has 0 aliphatic heterocycles. The largest absolute Gasteiger partial charge is 0.255 e. The zero-order valence-corrected chi connectivity index (χ0v) is 9.67. The van der Waals surface area contributed by atoms with Crippen LogP contribution in [0.1, 0.15) is 0 Å². The van der Waals surface area contributed by atoms with Crippen LogP contribution in [0.2, 0.25) is 0 Å². The summed E-state index contributed by atoms with van der Waals surface area (Å²) in [7, 11) is 0. The lowest BCUT2D eigenvalue weighted by molar-refractivity contribution is 1.36. The van der Waals surface area contributed by atoms with E-state index in [9.17, 15) is 0 Å². The Hall–Kier alpha value is -2.48. The number of benzene rings is 2. The van der Waals surface area contributed by atoms with Crippen molar-refractivity contribution in [3.8, 4) is 0 Å². The molecule has 0 saturated heterocycles. The van der Waals surface area contributed by atoms with Gasteiger partial charge in [0.05, 0.1) is 17.2 Å². The van der Waals surface area contributed by atoms with Crippen LogP contribution in [0.3, 0.4) is 0 Å². The van der Waals surface area contributed by atoms with E-state index in [0.29, 0.717) is 0 Å². The van der Waals surface area contributed by atoms with Crippen molar-refractivity contribution in [1.82, 2.24) is 9.97 Å². The van der Waals surface area contributed by atoms with Crippen LogP contribution in [0.4, 0.5) is 0 Å². The van der Waals surface area contributed by atoms with Crippen molar-refractivity contribution in [2.24, 2.45) is 0 Å². The molecule has 0 fully saturated rings. The lowest BCUT2D eigenvalue weighted by Gasteiger charge is -2.06. The summed E-state index contributed by atoms with van der Waals surface area (Å²) in [6, 6.07) is 16.7. The molecule has 0 aliphatic rings. The van der Waals surface area contributed by atoms with Crippen molar-refractivity contribution in [3.05, 3.63) is 60.9 Å². The van der Waals surface area contributed by atoms with E-state index in [1.807, 2.05) is 12.3 Å². The summed E-state index contributed by atoms with van der Waals surface area (Å²) < 4.78 is 0. The van der Waals surface area contributed by atoms with Gasteiger partial charge < -0.3 is 0 Å². The van der Waals surface area contributed by atoms with Gasteiger partial charge in [0.25, 0.3) is 0 Å². The smallest absolute Gasteiger partial charge is 0.0891 e. The third-order valence-electron chi connectivity index (χ3n) is 3.34. The number of fused-ring (bicyclic) bond motifs is 5. The summed E-state index contributed by atoms with van der Waals surface area (Å²) in [4.78, 5) is 8.87. The quantitative estimate of drug-likeness (QED) is 0.428. The maximum atomic E-state index is 4.50. The molecule has 0 radical (unpaired) electrons. The number of aromatic nitrogens is 2. The van der Waals surface area contributed by atoms with Gasteiger partial charge in [-0.25, -0.2) is 0 Å². The number of rotatable bonds is 0. The van der Waals surface area contributed by atoms with Crippen molar-refractivity contribution >= 4 is 32.6 Å². The van der Waals surface area contributed by atoms with E-state index in [1.165, 1.54) is 21.5 Å². The van der Waals surface area contributed by atoms with Crippen LogP contribution in [0.25, 0.3) is 32.6 Å². The molecule has 0 saturated carbocycles. The lowest BCUT2D eigenvalue weighted by atomic mass is 10.0. The van der Waals surface area contributed by atoms with Crippen LogP contribution < -0.4 is 0 Å². The molecule has 0 bridgehead atoms. The van der Waals surface area contributed by atoms with Crippen LogP contribution in [0, 0.1) is 0 Å². The van der Waals surface area contributed by atoms with Gasteiger partial charge in [-0.15, -0.1) is 0 Å². The molecule has 0 N–H and O–H groups in total. The van der Waals surface area contributed by atoms with Crippen molar-refractivity contribution in [2.45, 2.75) is 0 Å². The van der Waals surface area contributed by atoms with E-state index >= 15 is 0 Å². The summed E-state index contributed by atoms with van der Waals surface area (Å²) in [5, 5.41) is 4.84. The first-order valence-corrected chi connectivity index (χ1v) is 5.95. The summed E-state index contributed by atoms with van der Waals surface area (Å²) in [5.41, 5.74) is 1.97. The van der Waals surface area contributed by atoms with Gasteiger partial charge in [0.1, 0.15) is 0 Å². The maximum Gasteiger partial charge on any atom is 0.0891 e. The van der Waals surface area contributed by atoms with Gasteiger partial charge >= 0.3 is 0 Å². The summed E-state index contributed by atoms with van der Waals surface area (Å²) >= 11 is 0. The highest BCUT2D eigenvalue weighted by molar-refractivity contribution is 6.17. The molecule has 2 heterocycles. The molecule has 0 unspecified atom stereocenters. The second-order valence-electron chi connectivity index (χ2n) is 4.38. The fourth-order valence-corrected chi connectivity index (χ4v) is 2.51. The zero-order valence-electron chi connectivity index (χ0n) is 9.67.